The average molecular weight is 514 g/mol. The summed E-state index contributed by atoms with van der Waals surface area (Å²) in [6.45, 7) is 12.4. The fourth-order valence-corrected chi connectivity index (χ4v) is 5.32. The Morgan fingerprint density at radius 2 is 1.92 bits per heavy atom. The third-order valence-corrected chi connectivity index (χ3v) is 7.39. The molecule has 9 heteroatoms. The van der Waals surface area contributed by atoms with Crippen molar-refractivity contribution in [3.05, 3.63) is 87.2 Å². The number of hydrogen-bond donors (Lipinski definition) is 1. The molecule has 3 aromatic heterocycles. The fraction of sp³-hybridized carbons (Fsp3) is 0.379. The highest BCUT2D eigenvalue weighted by Gasteiger charge is 2.21. The van der Waals surface area contributed by atoms with Crippen molar-refractivity contribution < 1.29 is 0 Å². The molecular weight excluding hydrogens is 478 g/mol. The maximum absolute atomic E-state index is 13.2. The molecule has 0 amide bonds. The van der Waals surface area contributed by atoms with E-state index >= 15 is 0 Å². The molecule has 9 nitrogen and oxygen atoms in total. The number of rotatable bonds is 7. The topological polar surface area (TPSA) is 90.0 Å². The monoisotopic (exact) mass is 513 g/mol. The number of fused-ring (bicyclic) bond motifs is 1. The zero-order valence-corrected chi connectivity index (χ0v) is 22.5. The molecule has 0 radical (unpaired) electrons. The zero-order chi connectivity index (χ0) is 27.0. The third-order valence-electron chi connectivity index (χ3n) is 7.39. The Morgan fingerprint density at radius 3 is 2.61 bits per heavy atom. The molecule has 4 aromatic rings. The molecule has 1 fully saturated rings. The summed E-state index contributed by atoms with van der Waals surface area (Å²) in [6, 6.07) is 9.60. The van der Waals surface area contributed by atoms with E-state index in [9.17, 15) is 9.59 Å². The molecule has 1 aromatic carbocycles. The predicted octanol–water partition coefficient (Wildman–Crippen LogP) is 4.37. The zero-order valence-electron chi connectivity index (χ0n) is 22.5. The first-order chi connectivity index (χ1) is 18.3. The summed E-state index contributed by atoms with van der Waals surface area (Å²) < 4.78 is 4.93. The van der Waals surface area contributed by atoms with E-state index in [4.69, 9.17) is 4.98 Å². The van der Waals surface area contributed by atoms with Crippen LogP contribution in [0.1, 0.15) is 49.8 Å². The highest BCUT2D eigenvalue weighted by atomic mass is 16.1. The van der Waals surface area contributed by atoms with Crippen LogP contribution in [-0.2, 0) is 6.54 Å². The molecule has 1 N–H and O–H groups in total. The molecule has 0 spiro atoms. The lowest BCUT2D eigenvalue weighted by molar-refractivity contribution is 0.255. The largest absolute Gasteiger partial charge is 0.324 e. The fourth-order valence-electron chi connectivity index (χ4n) is 5.32. The lowest BCUT2D eigenvalue weighted by Gasteiger charge is -2.30. The molecule has 5 rings (SSSR count). The summed E-state index contributed by atoms with van der Waals surface area (Å²) in [4.78, 5) is 37.2. The highest BCUT2D eigenvalue weighted by Crippen LogP contribution is 2.31. The van der Waals surface area contributed by atoms with Crippen LogP contribution in [0, 0.1) is 6.92 Å². The molecule has 1 aliphatic heterocycles. The second-order valence-electron chi connectivity index (χ2n) is 10.4. The third kappa shape index (κ3) is 4.81. The van der Waals surface area contributed by atoms with Crippen molar-refractivity contribution in [3.8, 4) is 5.69 Å². The number of aromatic nitrogens is 5. The Morgan fingerprint density at radius 1 is 1.16 bits per heavy atom. The van der Waals surface area contributed by atoms with Crippen LogP contribution in [0.25, 0.3) is 16.7 Å². The van der Waals surface area contributed by atoms with Gasteiger partial charge >= 0.3 is 0 Å². The van der Waals surface area contributed by atoms with Gasteiger partial charge in [-0.25, -0.2) is 14.3 Å². The summed E-state index contributed by atoms with van der Waals surface area (Å²) >= 11 is 0. The van der Waals surface area contributed by atoms with E-state index in [1.807, 2.05) is 13.8 Å². The second kappa shape index (κ2) is 10.4. The first-order valence-corrected chi connectivity index (χ1v) is 13.1. The summed E-state index contributed by atoms with van der Waals surface area (Å²) in [5.41, 5.74) is 4.34. The maximum atomic E-state index is 13.2. The molecule has 0 atom stereocenters. The van der Waals surface area contributed by atoms with Crippen molar-refractivity contribution >= 4 is 22.7 Å². The number of nitrogens with one attached hydrogen (secondary N) is 1. The average Bonchev–Trinajstić information content (AvgIpc) is 3.16. The molecule has 1 saturated heterocycles. The van der Waals surface area contributed by atoms with Crippen LogP contribution in [0.2, 0.25) is 0 Å². The Balaban J connectivity index is 1.53. The van der Waals surface area contributed by atoms with Gasteiger partial charge in [0, 0.05) is 30.2 Å². The van der Waals surface area contributed by atoms with Gasteiger partial charge in [0.25, 0.3) is 11.1 Å². The molecule has 0 unspecified atom stereocenters. The van der Waals surface area contributed by atoms with Gasteiger partial charge in [-0.1, -0.05) is 12.1 Å². The smallest absolute Gasteiger partial charge is 0.278 e. The van der Waals surface area contributed by atoms with E-state index in [1.165, 1.54) is 30.0 Å². The summed E-state index contributed by atoms with van der Waals surface area (Å²) in [5.74, 6) is 0.978. The van der Waals surface area contributed by atoms with Gasteiger partial charge in [0.05, 0.1) is 12.2 Å². The van der Waals surface area contributed by atoms with Crippen LogP contribution < -0.4 is 16.4 Å². The standard InChI is InChI=1S/C29H35N7O2/c1-6-13-35-28(38)25-17-30-29(32-27(25)36(35)23-8-10-26(37)34(18-23)19(2)3)31-22-7-9-24(20(4)16-22)21-11-14-33(5)15-12-21/h6-10,16-19,21H,1,11-15H2,2-5H3,(H,30,31,32). The van der Waals surface area contributed by atoms with Gasteiger partial charge in [-0.3, -0.25) is 9.59 Å². The Labute approximate surface area is 222 Å². The van der Waals surface area contributed by atoms with Crippen molar-refractivity contribution in [1.82, 2.24) is 28.8 Å². The van der Waals surface area contributed by atoms with E-state index in [1.54, 1.807) is 38.5 Å². The Kier molecular flexibility index (Phi) is 7.03. The van der Waals surface area contributed by atoms with Gasteiger partial charge in [-0.2, -0.15) is 4.98 Å². The summed E-state index contributed by atoms with van der Waals surface area (Å²) in [7, 11) is 2.18. The summed E-state index contributed by atoms with van der Waals surface area (Å²) in [6.07, 6.45) is 7.32. The summed E-state index contributed by atoms with van der Waals surface area (Å²) in [5, 5.41) is 3.72. The van der Waals surface area contributed by atoms with Gasteiger partial charge in [-0.05, 0) is 89.0 Å². The van der Waals surface area contributed by atoms with Crippen molar-refractivity contribution in [2.75, 3.05) is 25.5 Å². The van der Waals surface area contributed by atoms with Gasteiger partial charge in [-0.15, -0.1) is 6.58 Å². The molecule has 38 heavy (non-hydrogen) atoms. The van der Waals surface area contributed by atoms with Gasteiger partial charge in [0.15, 0.2) is 5.65 Å². The van der Waals surface area contributed by atoms with Crippen LogP contribution >= 0.6 is 0 Å². The van der Waals surface area contributed by atoms with E-state index in [0.717, 1.165) is 18.8 Å². The van der Waals surface area contributed by atoms with Crippen molar-refractivity contribution in [3.63, 3.8) is 0 Å². The molecule has 0 saturated carbocycles. The number of nitrogens with zero attached hydrogens (tertiary/aromatic N) is 6. The quantitative estimate of drug-likeness (QED) is 0.369. The Hall–Kier alpha value is -3.98. The van der Waals surface area contributed by atoms with E-state index in [0.29, 0.717) is 28.6 Å². The van der Waals surface area contributed by atoms with Crippen molar-refractivity contribution in [1.29, 1.82) is 0 Å². The van der Waals surface area contributed by atoms with Crippen molar-refractivity contribution in [2.24, 2.45) is 0 Å². The lowest BCUT2D eigenvalue weighted by Crippen LogP contribution is -2.29. The number of likely N-dealkylation sites (tertiary alicyclic amines) is 1. The van der Waals surface area contributed by atoms with Crippen molar-refractivity contribution in [2.45, 2.75) is 52.1 Å². The van der Waals surface area contributed by atoms with Crippen LogP contribution in [0.3, 0.4) is 0 Å². The first-order valence-electron chi connectivity index (χ1n) is 13.1. The molecule has 0 aliphatic carbocycles. The predicted molar refractivity (Wildman–Crippen MR) is 152 cm³/mol. The number of anilines is 2. The molecule has 1 aliphatic rings. The normalized spacial score (nSPS) is 14.9. The Bertz CT molecular complexity index is 1600. The van der Waals surface area contributed by atoms with Gasteiger partial charge in [0.1, 0.15) is 5.39 Å². The van der Waals surface area contributed by atoms with E-state index in [2.05, 4.69) is 54.0 Å². The van der Waals surface area contributed by atoms with Gasteiger partial charge < -0.3 is 14.8 Å². The number of benzene rings is 1. The lowest BCUT2D eigenvalue weighted by atomic mass is 9.87. The number of hydrogen-bond acceptors (Lipinski definition) is 6. The second-order valence-corrected chi connectivity index (χ2v) is 10.4. The highest BCUT2D eigenvalue weighted by molar-refractivity contribution is 5.77. The number of allylic oxidation sites excluding steroid dienone is 1. The SMILES string of the molecule is C=CCn1c(=O)c2cnc(Nc3ccc(C4CCN(C)CC4)c(C)c3)nc2n1-c1ccc(=O)n(C(C)C)c1. The molecule has 0 bridgehead atoms. The minimum Gasteiger partial charge on any atom is -0.324 e. The maximum Gasteiger partial charge on any atom is 0.278 e. The molecular formula is C29H35N7O2. The van der Waals surface area contributed by atoms with Crippen LogP contribution in [0.15, 0.2) is 65.0 Å². The van der Waals surface area contributed by atoms with Crippen LogP contribution in [0.4, 0.5) is 11.6 Å². The minimum atomic E-state index is -0.216. The van der Waals surface area contributed by atoms with Crippen LogP contribution in [-0.4, -0.2) is 48.9 Å². The number of piperidine rings is 1. The first kappa shape index (κ1) is 25.7. The van der Waals surface area contributed by atoms with E-state index in [-0.39, 0.29) is 23.7 Å². The van der Waals surface area contributed by atoms with E-state index < -0.39 is 0 Å². The number of aryl methyl sites for hydroxylation is 1. The number of pyridine rings is 1. The van der Waals surface area contributed by atoms with Crippen LogP contribution in [0.5, 0.6) is 0 Å². The minimum absolute atomic E-state index is 0.0311. The molecule has 198 valence electrons. The molecule has 4 heterocycles. The van der Waals surface area contributed by atoms with Gasteiger partial charge in [0.2, 0.25) is 5.95 Å².